The minimum Gasteiger partial charge on any atom is -0.121 e. The van der Waals surface area contributed by atoms with Crippen LogP contribution in [0, 0.1) is 19.8 Å². The highest BCUT2D eigenvalue weighted by Crippen LogP contribution is 2.45. The first-order chi connectivity index (χ1) is 9.59. The highest BCUT2D eigenvalue weighted by atomic mass is 32.2. The summed E-state index contributed by atoms with van der Waals surface area (Å²) in [6.45, 7) is 9.18. The van der Waals surface area contributed by atoms with Crippen LogP contribution in [0.25, 0.3) is 0 Å². The van der Waals surface area contributed by atoms with Crippen LogP contribution in [0.2, 0.25) is 0 Å². The third-order valence-electron chi connectivity index (χ3n) is 4.39. The number of thioether (sulfide) groups is 1. The number of hydrogen-bond acceptors (Lipinski definition) is 1. The zero-order chi connectivity index (χ0) is 14.3. The number of hydrogen-bond donors (Lipinski definition) is 0. The molecule has 0 radical (unpaired) electrons. The Morgan fingerprint density at radius 2 is 1.60 bits per heavy atom. The standard InChI is InChI=1S/C19H22S/c1-12(2)18-15-9-5-7-13(3)17(15)11-20-19-14(4)8-6-10-16(18)19/h5-10,12,18H,11H2,1-4H3. The number of rotatable bonds is 1. The predicted molar refractivity (Wildman–Crippen MR) is 88.6 cm³/mol. The maximum atomic E-state index is 2.35. The molecule has 0 spiro atoms. The zero-order valence-corrected chi connectivity index (χ0v) is 13.6. The van der Waals surface area contributed by atoms with Crippen LogP contribution in [-0.4, -0.2) is 0 Å². The quantitative estimate of drug-likeness (QED) is 0.647. The van der Waals surface area contributed by atoms with Crippen molar-refractivity contribution < 1.29 is 0 Å². The third-order valence-corrected chi connectivity index (χ3v) is 5.67. The van der Waals surface area contributed by atoms with Gasteiger partial charge in [0.1, 0.15) is 0 Å². The van der Waals surface area contributed by atoms with E-state index in [1.807, 2.05) is 11.8 Å². The van der Waals surface area contributed by atoms with E-state index < -0.39 is 0 Å². The molecule has 1 heteroatoms. The van der Waals surface area contributed by atoms with E-state index in [1.165, 1.54) is 27.1 Å². The summed E-state index contributed by atoms with van der Waals surface area (Å²) >= 11 is 2.01. The van der Waals surface area contributed by atoms with Crippen LogP contribution < -0.4 is 0 Å². The first-order valence-electron chi connectivity index (χ1n) is 7.40. The maximum absolute atomic E-state index is 2.35. The molecule has 0 nitrogen and oxygen atoms in total. The number of benzene rings is 2. The molecule has 1 aliphatic rings. The summed E-state index contributed by atoms with van der Waals surface area (Å²) in [4.78, 5) is 1.50. The van der Waals surface area contributed by atoms with Crippen LogP contribution >= 0.6 is 11.8 Å². The molecule has 0 bridgehead atoms. The first-order valence-corrected chi connectivity index (χ1v) is 8.39. The van der Waals surface area contributed by atoms with Gasteiger partial charge in [0.05, 0.1) is 0 Å². The van der Waals surface area contributed by atoms with Crippen molar-refractivity contribution in [2.24, 2.45) is 5.92 Å². The van der Waals surface area contributed by atoms with Crippen molar-refractivity contribution in [1.82, 2.24) is 0 Å². The Morgan fingerprint density at radius 1 is 0.950 bits per heavy atom. The van der Waals surface area contributed by atoms with E-state index in [1.54, 1.807) is 5.56 Å². The van der Waals surface area contributed by atoms with Gasteiger partial charge in [-0.3, -0.25) is 0 Å². The van der Waals surface area contributed by atoms with E-state index in [-0.39, 0.29) is 0 Å². The SMILES string of the molecule is Cc1cccc2c1CSc1c(C)cccc1C2C(C)C. The molecule has 2 aromatic carbocycles. The Bertz CT molecular complexity index is 587. The molecule has 0 aliphatic carbocycles. The van der Waals surface area contributed by atoms with Crippen molar-refractivity contribution >= 4 is 11.8 Å². The number of aryl methyl sites for hydroxylation is 2. The van der Waals surface area contributed by atoms with E-state index in [4.69, 9.17) is 0 Å². The lowest BCUT2D eigenvalue weighted by Gasteiger charge is -2.24. The predicted octanol–water partition coefficient (Wildman–Crippen LogP) is 5.70. The molecule has 3 rings (SSSR count). The van der Waals surface area contributed by atoms with Crippen molar-refractivity contribution in [3.8, 4) is 0 Å². The number of fused-ring (bicyclic) bond motifs is 2. The van der Waals surface area contributed by atoms with Gasteiger partial charge in [0.25, 0.3) is 0 Å². The molecule has 104 valence electrons. The third kappa shape index (κ3) is 2.18. The van der Waals surface area contributed by atoms with Crippen LogP contribution in [0.1, 0.15) is 47.6 Å². The van der Waals surface area contributed by atoms with Crippen molar-refractivity contribution in [1.29, 1.82) is 0 Å². The van der Waals surface area contributed by atoms with Crippen molar-refractivity contribution in [2.45, 2.75) is 44.3 Å². The summed E-state index contributed by atoms with van der Waals surface area (Å²) in [5.41, 5.74) is 7.47. The van der Waals surface area contributed by atoms with E-state index >= 15 is 0 Å². The van der Waals surface area contributed by atoms with Crippen LogP contribution in [0.4, 0.5) is 0 Å². The second-order valence-corrected chi connectivity index (χ2v) is 7.13. The minimum atomic E-state index is 0.523. The van der Waals surface area contributed by atoms with Crippen molar-refractivity contribution in [3.63, 3.8) is 0 Å². The monoisotopic (exact) mass is 282 g/mol. The smallest absolute Gasteiger partial charge is 0.0237 e. The van der Waals surface area contributed by atoms with Crippen LogP contribution in [0.5, 0.6) is 0 Å². The van der Waals surface area contributed by atoms with Gasteiger partial charge in [-0.1, -0.05) is 50.2 Å². The van der Waals surface area contributed by atoms with Gasteiger partial charge in [-0.05, 0) is 47.6 Å². The molecule has 0 N–H and O–H groups in total. The first kappa shape index (κ1) is 13.8. The van der Waals surface area contributed by atoms with Gasteiger partial charge in [0.15, 0.2) is 0 Å². The fraction of sp³-hybridized carbons (Fsp3) is 0.368. The molecular formula is C19H22S. The van der Waals surface area contributed by atoms with Gasteiger partial charge in [0.2, 0.25) is 0 Å². The lowest BCUT2D eigenvalue weighted by Crippen LogP contribution is -2.11. The average Bonchev–Trinajstić information content (AvgIpc) is 2.57. The van der Waals surface area contributed by atoms with Gasteiger partial charge in [-0.2, -0.15) is 0 Å². The summed E-state index contributed by atoms with van der Waals surface area (Å²) < 4.78 is 0. The summed E-state index contributed by atoms with van der Waals surface area (Å²) in [7, 11) is 0. The molecule has 0 amide bonds. The molecule has 1 aliphatic heterocycles. The molecule has 0 aromatic heterocycles. The topological polar surface area (TPSA) is 0 Å². The fourth-order valence-corrected chi connectivity index (χ4v) is 4.70. The normalized spacial score (nSPS) is 17.6. The van der Waals surface area contributed by atoms with Crippen LogP contribution in [0.3, 0.4) is 0 Å². The molecule has 2 aromatic rings. The summed E-state index contributed by atoms with van der Waals surface area (Å²) in [6.07, 6.45) is 0. The molecule has 0 saturated heterocycles. The molecular weight excluding hydrogens is 260 g/mol. The highest BCUT2D eigenvalue weighted by Gasteiger charge is 2.27. The minimum absolute atomic E-state index is 0.523. The second-order valence-electron chi connectivity index (χ2n) is 6.15. The molecule has 20 heavy (non-hydrogen) atoms. The van der Waals surface area contributed by atoms with Crippen molar-refractivity contribution in [2.75, 3.05) is 0 Å². The van der Waals surface area contributed by atoms with Crippen LogP contribution in [0.15, 0.2) is 41.3 Å². The van der Waals surface area contributed by atoms with Crippen LogP contribution in [-0.2, 0) is 5.75 Å². The zero-order valence-electron chi connectivity index (χ0n) is 12.7. The second kappa shape index (κ2) is 5.29. The largest absolute Gasteiger partial charge is 0.121 e. The van der Waals surface area contributed by atoms with Gasteiger partial charge in [0, 0.05) is 16.6 Å². The highest BCUT2D eigenvalue weighted by molar-refractivity contribution is 7.98. The summed E-state index contributed by atoms with van der Waals surface area (Å²) in [5, 5.41) is 0. The van der Waals surface area contributed by atoms with E-state index in [9.17, 15) is 0 Å². The maximum Gasteiger partial charge on any atom is 0.0237 e. The average molecular weight is 282 g/mol. The molecule has 0 saturated carbocycles. The van der Waals surface area contributed by atoms with Gasteiger partial charge in [-0.15, -0.1) is 11.8 Å². The Balaban J connectivity index is 2.27. The van der Waals surface area contributed by atoms with Gasteiger partial charge < -0.3 is 0 Å². The Morgan fingerprint density at radius 3 is 2.30 bits per heavy atom. The summed E-state index contributed by atoms with van der Waals surface area (Å²) in [6, 6.07) is 13.6. The van der Waals surface area contributed by atoms with Gasteiger partial charge >= 0.3 is 0 Å². The van der Waals surface area contributed by atoms with E-state index in [0.717, 1.165) is 5.75 Å². The van der Waals surface area contributed by atoms with Gasteiger partial charge in [-0.25, -0.2) is 0 Å². The molecule has 1 atom stereocenters. The lowest BCUT2D eigenvalue weighted by atomic mass is 9.79. The molecule has 1 heterocycles. The Labute approximate surface area is 126 Å². The Kier molecular flexibility index (Phi) is 3.64. The molecule has 0 fully saturated rings. The lowest BCUT2D eigenvalue weighted by molar-refractivity contribution is 0.555. The fourth-order valence-electron chi connectivity index (χ4n) is 3.36. The van der Waals surface area contributed by atoms with E-state index in [2.05, 4.69) is 64.1 Å². The van der Waals surface area contributed by atoms with Crippen molar-refractivity contribution in [3.05, 3.63) is 64.2 Å². The summed E-state index contributed by atoms with van der Waals surface area (Å²) in [5.74, 6) is 2.24. The Hall–Kier alpha value is -1.21. The molecule has 1 unspecified atom stereocenters. The van der Waals surface area contributed by atoms with E-state index in [0.29, 0.717) is 11.8 Å².